The molecule has 0 amide bonds. The monoisotopic (exact) mass is 229 g/mol. The van der Waals surface area contributed by atoms with Gasteiger partial charge < -0.3 is 12.4 Å². The van der Waals surface area contributed by atoms with E-state index in [1.807, 2.05) is 30.3 Å². The van der Waals surface area contributed by atoms with Crippen LogP contribution in [0.1, 0.15) is 0 Å². The number of halogens is 2. The lowest BCUT2D eigenvalue weighted by atomic mass is 10.2. The molecule has 1 aromatic heterocycles. The lowest BCUT2D eigenvalue weighted by molar-refractivity contribution is -0.841. The van der Waals surface area contributed by atoms with Crippen LogP contribution in [0.5, 0.6) is 0 Å². The highest BCUT2D eigenvalue weighted by Crippen LogP contribution is 2.20. The van der Waals surface area contributed by atoms with Gasteiger partial charge in [-0.3, -0.25) is 0 Å². The number of hydrogen-bond donors (Lipinski definition) is 0. The van der Waals surface area contributed by atoms with Crippen LogP contribution in [-0.2, 0) is 7.05 Å². The zero-order valence-electron chi connectivity index (χ0n) is 7.58. The van der Waals surface area contributed by atoms with E-state index < -0.39 is 0 Å². The van der Waals surface area contributed by atoms with Crippen molar-refractivity contribution in [1.29, 1.82) is 0 Å². The molecule has 0 saturated carbocycles. The summed E-state index contributed by atoms with van der Waals surface area (Å²) in [6, 6.07) is 11.7. The summed E-state index contributed by atoms with van der Waals surface area (Å²) in [5.41, 5.74) is 1.03. The van der Waals surface area contributed by atoms with Gasteiger partial charge in [0, 0.05) is 5.56 Å². The highest BCUT2D eigenvalue weighted by Gasteiger charge is 2.13. The lowest BCUT2D eigenvalue weighted by Crippen LogP contribution is -3.00. The molecule has 1 heterocycles. The molecule has 14 heavy (non-hydrogen) atoms. The van der Waals surface area contributed by atoms with E-state index in [4.69, 9.17) is 16.1 Å². The minimum Gasteiger partial charge on any atom is -1.00 e. The van der Waals surface area contributed by atoms with E-state index >= 15 is 0 Å². The van der Waals surface area contributed by atoms with E-state index in [0.29, 0.717) is 5.15 Å². The van der Waals surface area contributed by atoms with Gasteiger partial charge in [-0.1, -0.05) is 30.3 Å². The molecule has 0 aliphatic carbocycles. The van der Waals surface area contributed by atoms with Gasteiger partial charge in [-0.2, -0.15) is 0 Å². The molecule has 0 radical (unpaired) electrons. The third-order valence-electron chi connectivity index (χ3n) is 1.84. The van der Waals surface area contributed by atoms with Crippen LogP contribution in [0.3, 0.4) is 0 Å². The molecule has 0 spiro atoms. The van der Waals surface area contributed by atoms with Gasteiger partial charge in [0.1, 0.15) is 0 Å². The highest BCUT2D eigenvalue weighted by atomic mass is 35.5. The molecule has 4 heteroatoms. The molecular weight excluding hydrogens is 221 g/mol. The molecule has 0 aliphatic heterocycles. The first kappa shape index (κ1) is 11.1. The summed E-state index contributed by atoms with van der Waals surface area (Å²) in [5, 5.41) is 0.596. The number of benzene rings is 1. The molecule has 0 N–H and O–H groups in total. The smallest absolute Gasteiger partial charge is 0.323 e. The Labute approximate surface area is 93.5 Å². The van der Waals surface area contributed by atoms with Crippen molar-refractivity contribution in [3.63, 3.8) is 0 Å². The number of aryl methyl sites for hydroxylation is 1. The van der Waals surface area contributed by atoms with Gasteiger partial charge in [0.15, 0.2) is 7.05 Å². The molecule has 1 aromatic carbocycles. The van der Waals surface area contributed by atoms with Crippen LogP contribution in [0, 0.1) is 0 Å². The predicted molar refractivity (Wildman–Crippen MR) is 50.3 cm³/mol. The van der Waals surface area contributed by atoms with Gasteiger partial charge >= 0.3 is 5.15 Å². The summed E-state index contributed by atoms with van der Waals surface area (Å²) >= 11 is 5.85. The maximum atomic E-state index is 5.85. The van der Waals surface area contributed by atoms with E-state index in [9.17, 15) is 0 Å². The first-order chi connectivity index (χ1) is 6.27. The fourth-order valence-corrected chi connectivity index (χ4v) is 1.29. The van der Waals surface area contributed by atoms with Crippen molar-refractivity contribution in [2.75, 3.05) is 0 Å². The third-order valence-corrected chi connectivity index (χ3v) is 2.19. The van der Waals surface area contributed by atoms with Crippen molar-refractivity contribution in [1.82, 2.24) is 0 Å². The summed E-state index contributed by atoms with van der Waals surface area (Å²) in [4.78, 5) is 0. The Morgan fingerprint density at radius 2 is 1.86 bits per heavy atom. The molecule has 0 aliphatic rings. The summed E-state index contributed by atoms with van der Waals surface area (Å²) in [5.74, 6) is 0.785. The largest absolute Gasteiger partial charge is 1.00 e. The second kappa shape index (κ2) is 4.49. The molecule has 2 nitrogen and oxygen atoms in total. The third kappa shape index (κ3) is 2.08. The number of rotatable bonds is 1. The SMILES string of the molecule is C[n+]1oc(-c2ccccc2)cc1Cl.[Cl-]. The van der Waals surface area contributed by atoms with E-state index in [1.54, 1.807) is 13.1 Å². The Hall–Kier alpha value is -0.990. The minimum absolute atomic E-state index is 0. The van der Waals surface area contributed by atoms with Gasteiger partial charge in [-0.25, -0.2) is 4.52 Å². The minimum atomic E-state index is 0. The highest BCUT2D eigenvalue weighted by molar-refractivity contribution is 6.28. The Kier molecular flexibility index (Phi) is 3.55. The molecule has 2 rings (SSSR count). The van der Waals surface area contributed by atoms with E-state index in [2.05, 4.69) is 0 Å². The number of aromatic nitrogens is 1. The Balaban J connectivity index is 0.000000980. The van der Waals surface area contributed by atoms with Crippen LogP contribution in [0.15, 0.2) is 40.9 Å². The van der Waals surface area contributed by atoms with Crippen LogP contribution in [0.2, 0.25) is 5.15 Å². The fourth-order valence-electron chi connectivity index (χ4n) is 1.16. The molecule has 2 aromatic rings. The Morgan fingerprint density at radius 3 is 2.36 bits per heavy atom. The summed E-state index contributed by atoms with van der Waals surface area (Å²) in [6.07, 6.45) is 0. The Bertz CT molecular complexity index is 392. The van der Waals surface area contributed by atoms with Crippen molar-refractivity contribution in [2.24, 2.45) is 7.05 Å². The van der Waals surface area contributed by atoms with Gasteiger partial charge in [-0.15, -0.1) is 0 Å². The van der Waals surface area contributed by atoms with Crippen molar-refractivity contribution >= 4 is 11.6 Å². The van der Waals surface area contributed by atoms with Crippen LogP contribution in [0.4, 0.5) is 0 Å². The van der Waals surface area contributed by atoms with Crippen LogP contribution in [-0.4, -0.2) is 0 Å². The maximum absolute atomic E-state index is 5.85. The van der Waals surface area contributed by atoms with Gasteiger partial charge in [0.05, 0.1) is 6.07 Å². The second-order valence-corrected chi connectivity index (χ2v) is 3.17. The normalized spacial score (nSPS) is 9.57. The van der Waals surface area contributed by atoms with Crippen molar-refractivity contribution in [2.45, 2.75) is 0 Å². The average molecular weight is 230 g/mol. The topological polar surface area (TPSA) is 17.0 Å². The van der Waals surface area contributed by atoms with E-state index in [1.165, 1.54) is 4.74 Å². The zero-order valence-corrected chi connectivity index (χ0v) is 9.09. The number of hydrogen-bond acceptors (Lipinski definition) is 1. The Morgan fingerprint density at radius 1 is 1.21 bits per heavy atom. The molecule has 0 fully saturated rings. The molecule has 0 saturated heterocycles. The van der Waals surface area contributed by atoms with Crippen molar-refractivity contribution in [3.8, 4) is 11.3 Å². The predicted octanol–water partition coefficient (Wildman–Crippen LogP) is -0.572. The fraction of sp³-hybridized carbons (Fsp3) is 0.100. The molecule has 0 atom stereocenters. The van der Waals surface area contributed by atoms with Crippen LogP contribution >= 0.6 is 11.6 Å². The zero-order chi connectivity index (χ0) is 9.26. The first-order valence-electron chi connectivity index (χ1n) is 3.98. The molecular formula is C10H9Cl2NO. The second-order valence-electron chi connectivity index (χ2n) is 2.79. The van der Waals surface area contributed by atoms with Crippen molar-refractivity contribution in [3.05, 3.63) is 41.6 Å². The van der Waals surface area contributed by atoms with E-state index in [-0.39, 0.29) is 12.4 Å². The molecule has 74 valence electrons. The maximum Gasteiger partial charge on any atom is 0.323 e. The standard InChI is InChI=1S/C10H9ClNO.ClH/c1-12-10(11)7-9(13-12)8-5-3-2-4-6-8;/h2-7H,1H3;1H/q+1;/p-1. The average Bonchev–Trinajstić information content (AvgIpc) is 2.49. The van der Waals surface area contributed by atoms with Crippen LogP contribution < -0.4 is 17.1 Å². The summed E-state index contributed by atoms with van der Waals surface area (Å²) < 4.78 is 6.92. The number of nitrogens with zero attached hydrogens (tertiary/aromatic N) is 1. The lowest BCUT2D eigenvalue weighted by Gasteiger charge is -1.89. The van der Waals surface area contributed by atoms with Gasteiger partial charge in [-0.05, 0) is 16.3 Å². The van der Waals surface area contributed by atoms with Crippen LogP contribution in [0.25, 0.3) is 11.3 Å². The summed E-state index contributed by atoms with van der Waals surface area (Å²) in [7, 11) is 1.77. The quantitative estimate of drug-likeness (QED) is 0.599. The molecule has 0 unspecified atom stereocenters. The van der Waals surface area contributed by atoms with Gasteiger partial charge in [0.2, 0.25) is 5.76 Å². The molecule has 0 bridgehead atoms. The first-order valence-corrected chi connectivity index (χ1v) is 4.36. The van der Waals surface area contributed by atoms with Crippen molar-refractivity contribution < 1.29 is 21.7 Å². The van der Waals surface area contributed by atoms with E-state index in [0.717, 1.165) is 11.3 Å². The summed E-state index contributed by atoms with van der Waals surface area (Å²) in [6.45, 7) is 0. The van der Waals surface area contributed by atoms with Gasteiger partial charge in [0.25, 0.3) is 0 Å².